The topological polar surface area (TPSA) is 43.4 Å². The first-order chi connectivity index (χ1) is 14.2. The van der Waals surface area contributed by atoms with Crippen LogP contribution in [0, 0.1) is 0 Å². The number of methoxy groups -OCH3 is 1. The summed E-state index contributed by atoms with van der Waals surface area (Å²) in [7, 11) is 1.34. The fourth-order valence-electron chi connectivity index (χ4n) is 4.24. The largest absolute Gasteiger partial charge is 0.468 e. The van der Waals surface area contributed by atoms with Gasteiger partial charge in [-0.15, -0.1) is 0 Å². The van der Waals surface area contributed by atoms with Gasteiger partial charge in [-0.1, -0.05) is 91.0 Å². The van der Waals surface area contributed by atoms with E-state index in [9.17, 15) is 9.59 Å². The van der Waals surface area contributed by atoms with E-state index in [2.05, 4.69) is 0 Å². The molecule has 1 aliphatic rings. The minimum Gasteiger partial charge on any atom is -0.468 e. The highest BCUT2D eigenvalue weighted by atomic mass is 16.5. The van der Waals surface area contributed by atoms with E-state index in [1.807, 2.05) is 91.0 Å². The van der Waals surface area contributed by atoms with Gasteiger partial charge in [-0.05, 0) is 34.8 Å². The number of rotatable bonds is 4. The maximum atomic E-state index is 13.5. The van der Waals surface area contributed by atoms with E-state index in [-0.39, 0.29) is 11.7 Å². The second kappa shape index (κ2) is 7.88. The van der Waals surface area contributed by atoms with Crippen LogP contribution in [0.5, 0.6) is 0 Å². The van der Waals surface area contributed by atoms with E-state index in [1.165, 1.54) is 7.11 Å². The van der Waals surface area contributed by atoms with Gasteiger partial charge in [0, 0.05) is 5.92 Å². The normalized spacial score (nSPS) is 21.3. The van der Waals surface area contributed by atoms with Crippen LogP contribution in [-0.2, 0) is 19.7 Å². The van der Waals surface area contributed by atoms with Crippen molar-refractivity contribution in [3.8, 4) is 0 Å². The molecule has 0 spiro atoms. The van der Waals surface area contributed by atoms with Crippen LogP contribution in [0.25, 0.3) is 5.57 Å². The van der Waals surface area contributed by atoms with Gasteiger partial charge in [-0.3, -0.25) is 9.59 Å². The summed E-state index contributed by atoms with van der Waals surface area (Å²) in [6.45, 7) is 0. The average molecular weight is 382 g/mol. The van der Waals surface area contributed by atoms with Gasteiger partial charge in [0.2, 0.25) is 0 Å². The highest BCUT2D eigenvalue weighted by molar-refractivity contribution is 6.18. The van der Waals surface area contributed by atoms with Gasteiger partial charge in [0.05, 0.1) is 7.11 Å². The quantitative estimate of drug-likeness (QED) is 0.474. The zero-order valence-corrected chi connectivity index (χ0v) is 16.2. The molecule has 29 heavy (non-hydrogen) atoms. The van der Waals surface area contributed by atoms with Crippen LogP contribution in [-0.4, -0.2) is 18.9 Å². The summed E-state index contributed by atoms with van der Waals surface area (Å²) < 4.78 is 5.15. The fraction of sp³-hybridized carbons (Fsp3) is 0.154. The van der Waals surface area contributed by atoms with Crippen molar-refractivity contribution in [3.05, 3.63) is 114 Å². The van der Waals surface area contributed by atoms with Gasteiger partial charge < -0.3 is 4.74 Å². The summed E-state index contributed by atoms with van der Waals surface area (Å²) >= 11 is 0. The Hall–Kier alpha value is -3.46. The highest BCUT2D eigenvalue weighted by Crippen LogP contribution is 2.47. The molecular formula is C26H22O3. The number of allylic oxidation sites excluding steroid dienone is 2. The van der Waals surface area contributed by atoms with E-state index in [4.69, 9.17) is 4.74 Å². The average Bonchev–Trinajstić information content (AvgIpc) is 2.80. The van der Waals surface area contributed by atoms with Crippen molar-refractivity contribution in [1.29, 1.82) is 0 Å². The van der Waals surface area contributed by atoms with Crippen molar-refractivity contribution in [2.45, 2.75) is 17.8 Å². The lowest BCUT2D eigenvalue weighted by Gasteiger charge is -2.38. The molecule has 0 amide bonds. The third-order valence-corrected chi connectivity index (χ3v) is 5.70. The zero-order valence-electron chi connectivity index (χ0n) is 16.2. The molecule has 0 aromatic heterocycles. The van der Waals surface area contributed by atoms with Gasteiger partial charge in [-0.25, -0.2) is 0 Å². The Bertz CT molecular complexity index is 1040. The first kappa shape index (κ1) is 18.9. The molecule has 1 aliphatic carbocycles. The maximum absolute atomic E-state index is 13.5. The third kappa shape index (κ3) is 3.29. The van der Waals surface area contributed by atoms with Gasteiger partial charge >= 0.3 is 5.97 Å². The Kier molecular flexibility index (Phi) is 5.13. The van der Waals surface area contributed by atoms with E-state index in [0.717, 1.165) is 16.7 Å². The molecule has 0 saturated heterocycles. The van der Waals surface area contributed by atoms with E-state index >= 15 is 0 Å². The summed E-state index contributed by atoms with van der Waals surface area (Å²) in [4.78, 5) is 26.5. The fourth-order valence-corrected chi connectivity index (χ4v) is 4.24. The summed E-state index contributed by atoms with van der Waals surface area (Å²) in [6, 6.07) is 29.1. The molecule has 3 heteroatoms. The standard InChI is InChI=1S/C26H22O3/c1-29-25(28)26(21-15-9-4-10-16-21)18-23(20-13-7-3-8-14-20)22(17-24(26)27)19-11-5-2-6-12-19/h2-17,23H,18H2,1H3/t23-,26-/m1/s1. The van der Waals surface area contributed by atoms with E-state index in [1.54, 1.807) is 6.08 Å². The van der Waals surface area contributed by atoms with E-state index < -0.39 is 11.4 Å². The lowest BCUT2D eigenvalue weighted by atomic mass is 9.63. The number of hydrogen-bond donors (Lipinski definition) is 0. The van der Waals surface area contributed by atoms with Crippen LogP contribution in [0.15, 0.2) is 97.1 Å². The minimum atomic E-state index is -1.35. The first-order valence-electron chi connectivity index (χ1n) is 9.67. The van der Waals surface area contributed by atoms with Crippen molar-refractivity contribution in [1.82, 2.24) is 0 Å². The zero-order chi connectivity index (χ0) is 20.3. The summed E-state index contributed by atoms with van der Waals surface area (Å²) in [5, 5.41) is 0. The lowest BCUT2D eigenvalue weighted by Crippen LogP contribution is -2.47. The Labute approximate surface area is 170 Å². The molecule has 2 atom stereocenters. The monoisotopic (exact) mass is 382 g/mol. The molecule has 0 heterocycles. The van der Waals surface area contributed by atoms with Crippen molar-refractivity contribution >= 4 is 17.3 Å². The van der Waals surface area contributed by atoms with Crippen molar-refractivity contribution in [3.63, 3.8) is 0 Å². The van der Waals surface area contributed by atoms with E-state index in [0.29, 0.717) is 12.0 Å². The second-order valence-electron chi connectivity index (χ2n) is 7.26. The third-order valence-electron chi connectivity index (χ3n) is 5.70. The van der Waals surface area contributed by atoms with Crippen LogP contribution >= 0.6 is 0 Å². The number of hydrogen-bond acceptors (Lipinski definition) is 3. The Morgan fingerprint density at radius 2 is 1.41 bits per heavy atom. The molecule has 0 N–H and O–H groups in total. The van der Waals surface area contributed by atoms with Crippen molar-refractivity contribution in [2.24, 2.45) is 0 Å². The molecule has 3 nitrogen and oxygen atoms in total. The lowest BCUT2D eigenvalue weighted by molar-refractivity contribution is -0.151. The van der Waals surface area contributed by atoms with Gasteiger partial charge in [-0.2, -0.15) is 0 Å². The van der Waals surface area contributed by atoms with Crippen LogP contribution in [0.3, 0.4) is 0 Å². The second-order valence-corrected chi connectivity index (χ2v) is 7.26. The minimum absolute atomic E-state index is 0.115. The maximum Gasteiger partial charge on any atom is 0.324 e. The predicted octanol–water partition coefficient (Wildman–Crippen LogP) is 4.94. The predicted molar refractivity (Wildman–Crippen MR) is 113 cm³/mol. The van der Waals surface area contributed by atoms with Crippen LogP contribution in [0.1, 0.15) is 29.0 Å². The number of carbonyl (C=O) groups excluding carboxylic acids is 2. The number of ether oxygens (including phenoxy) is 1. The SMILES string of the molecule is COC(=O)[C@@]1(c2ccccc2)C[C@H](c2ccccc2)C(c2ccccc2)=CC1=O. The molecule has 3 aromatic rings. The molecule has 0 saturated carbocycles. The first-order valence-corrected chi connectivity index (χ1v) is 9.67. The molecule has 0 unspecified atom stereocenters. The van der Waals surface area contributed by atoms with Crippen molar-refractivity contribution < 1.29 is 14.3 Å². The summed E-state index contributed by atoms with van der Waals surface area (Å²) in [5.74, 6) is -0.866. The molecule has 4 rings (SSSR count). The Morgan fingerprint density at radius 1 is 0.862 bits per heavy atom. The Morgan fingerprint density at radius 3 is 2.00 bits per heavy atom. The molecule has 3 aromatic carbocycles. The number of carbonyl (C=O) groups is 2. The number of benzene rings is 3. The van der Waals surface area contributed by atoms with Crippen LogP contribution < -0.4 is 0 Å². The van der Waals surface area contributed by atoms with Gasteiger partial charge in [0.15, 0.2) is 11.2 Å². The summed E-state index contributed by atoms with van der Waals surface area (Å²) in [5.41, 5.74) is 2.30. The molecule has 0 bridgehead atoms. The van der Waals surface area contributed by atoms with Crippen LogP contribution in [0.4, 0.5) is 0 Å². The molecule has 0 radical (unpaired) electrons. The van der Waals surface area contributed by atoms with Crippen molar-refractivity contribution in [2.75, 3.05) is 7.11 Å². The number of esters is 1. The number of ketones is 1. The summed E-state index contributed by atoms with van der Waals surface area (Å²) in [6.07, 6.45) is 1.97. The highest BCUT2D eigenvalue weighted by Gasteiger charge is 2.52. The van der Waals surface area contributed by atoms with Gasteiger partial charge in [0.1, 0.15) is 0 Å². The Balaban J connectivity index is 1.94. The molecule has 144 valence electrons. The molecule has 0 aliphatic heterocycles. The molecular weight excluding hydrogens is 360 g/mol. The smallest absolute Gasteiger partial charge is 0.324 e. The van der Waals surface area contributed by atoms with Gasteiger partial charge in [0.25, 0.3) is 0 Å². The molecule has 0 fully saturated rings. The van der Waals surface area contributed by atoms with Crippen LogP contribution in [0.2, 0.25) is 0 Å².